The Labute approximate surface area is 280 Å². The molecule has 7 nitrogen and oxygen atoms in total. The minimum absolute atomic E-state index is 0.150. The molecule has 3 N–H and O–H groups in total. The zero-order valence-corrected chi connectivity index (χ0v) is 28.8. The van der Waals surface area contributed by atoms with Crippen molar-refractivity contribution in [1.29, 1.82) is 0 Å². The molecule has 2 aliphatic rings. The van der Waals surface area contributed by atoms with Crippen LogP contribution in [0, 0.1) is 0 Å². The molecule has 5 rings (SSSR count). The van der Waals surface area contributed by atoms with Crippen LogP contribution in [0.25, 0.3) is 5.57 Å². The molecule has 0 saturated carbocycles. The van der Waals surface area contributed by atoms with Crippen molar-refractivity contribution in [2.45, 2.75) is 71.6 Å². The molecule has 0 unspecified atom stereocenters. The van der Waals surface area contributed by atoms with E-state index in [0.717, 1.165) is 37.2 Å². The van der Waals surface area contributed by atoms with E-state index < -0.39 is 0 Å². The summed E-state index contributed by atoms with van der Waals surface area (Å²) in [4.78, 5) is 24.6. The van der Waals surface area contributed by atoms with Crippen LogP contribution in [0.3, 0.4) is 0 Å². The Hall–Kier alpha value is -4.33. The highest BCUT2D eigenvalue weighted by molar-refractivity contribution is 6.04. The van der Waals surface area contributed by atoms with Crippen LogP contribution >= 0.6 is 0 Å². The van der Waals surface area contributed by atoms with E-state index in [1.54, 1.807) is 6.20 Å². The minimum atomic E-state index is -0.166. The fourth-order valence-corrected chi connectivity index (χ4v) is 6.93. The van der Waals surface area contributed by atoms with Gasteiger partial charge in [0.05, 0.1) is 23.3 Å². The third-order valence-electron chi connectivity index (χ3n) is 9.38. The van der Waals surface area contributed by atoms with Crippen molar-refractivity contribution in [2.75, 3.05) is 31.1 Å². The summed E-state index contributed by atoms with van der Waals surface area (Å²) in [7, 11) is 0. The number of benzene rings is 2. The normalized spacial score (nSPS) is 17.5. The van der Waals surface area contributed by atoms with E-state index >= 15 is 0 Å². The first-order chi connectivity index (χ1) is 22.6. The number of para-hydroxylation sites is 2. The van der Waals surface area contributed by atoms with Gasteiger partial charge in [-0.25, -0.2) is 5.90 Å². The summed E-state index contributed by atoms with van der Waals surface area (Å²) in [5.41, 5.74) is 9.75. The molecular formula is C40H50N5O2+. The minimum Gasteiger partial charge on any atom is -0.352 e. The van der Waals surface area contributed by atoms with E-state index in [4.69, 9.17) is 10.9 Å². The predicted octanol–water partition coefficient (Wildman–Crippen LogP) is 7.61. The monoisotopic (exact) mass is 632 g/mol. The van der Waals surface area contributed by atoms with Crippen molar-refractivity contribution in [1.82, 2.24) is 10.3 Å². The maximum Gasteiger partial charge on any atom is 0.252 e. The molecule has 47 heavy (non-hydrogen) atoms. The number of hydrogen-bond donors (Lipinski definition) is 2. The van der Waals surface area contributed by atoms with Gasteiger partial charge in [-0.15, -0.1) is 0 Å². The number of allylic oxidation sites excluding steroid dienone is 6. The van der Waals surface area contributed by atoms with Gasteiger partial charge >= 0.3 is 0 Å². The number of carbonyl (C=O) groups is 1. The summed E-state index contributed by atoms with van der Waals surface area (Å²) < 4.78 is 2.46. The summed E-state index contributed by atoms with van der Waals surface area (Å²) >= 11 is 0. The molecular weight excluding hydrogens is 582 g/mol. The maximum atomic E-state index is 12.8. The summed E-state index contributed by atoms with van der Waals surface area (Å²) in [6.07, 6.45) is 13.3. The van der Waals surface area contributed by atoms with Gasteiger partial charge in [0.25, 0.3) is 5.91 Å². The second kappa shape index (κ2) is 14.6. The van der Waals surface area contributed by atoms with Crippen molar-refractivity contribution in [3.05, 3.63) is 119 Å². The highest BCUT2D eigenvalue weighted by atomic mass is 16.6. The number of hydrogen-bond acceptors (Lipinski definition) is 5. The van der Waals surface area contributed by atoms with Gasteiger partial charge in [-0.05, 0) is 62.6 Å². The first-order valence-corrected chi connectivity index (χ1v) is 16.9. The number of pyridine rings is 1. The Morgan fingerprint density at radius 3 is 2.43 bits per heavy atom. The van der Waals surface area contributed by atoms with Crippen molar-refractivity contribution in [2.24, 2.45) is 5.90 Å². The number of rotatable bonds is 13. The average molecular weight is 633 g/mol. The SMILES string of the molecule is CCCN1C(=C/C=C(/C=C/C2=[N+](CCC)c3ccccc3C2(C)C)c2ccc(C(=O)NCCCON)cn2)C(C)(C)c2ccccc21. The quantitative estimate of drug-likeness (QED) is 0.0877. The van der Waals surface area contributed by atoms with Crippen molar-refractivity contribution in [3.63, 3.8) is 0 Å². The molecule has 1 amide bonds. The third-order valence-corrected chi connectivity index (χ3v) is 9.38. The lowest BCUT2D eigenvalue weighted by Gasteiger charge is -2.26. The maximum absolute atomic E-state index is 12.8. The largest absolute Gasteiger partial charge is 0.352 e. The molecule has 0 saturated heterocycles. The fraction of sp³-hybridized carbons (Fsp3) is 0.375. The number of amides is 1. The van der Waals surface area contributed by atoms with Crippen LogP contribution in [-0.4, -0.2) is 47.4 Å². The standard InChI is InChI=1S/C40H49N5O2/c1-7-25-44-34-16-11-9-14-31(34)39(3,4)36(44)22-19-29(33-21-18-30(28-43-33)38(46)42-24-13-27-47-41)20-23-37-40(5,6)32-15-10-12-17-35(32)45(37)26-8-2/h9-12,14-23,28H,7-8,13,24-27,41H2,1-6H3/p+1. The smallest absolute Gasteiger partial charge is 0.252 e. The van der Waals surface area contributed by atoms with Crippen LogP contribution in [0.1, 0.15) is 88.0 Å². The number of anilines is 1. The van der Waals surface area contributed by atoms with Crippen molar-refractivity contribution in [3.8, 4) is 0 Å². The highest BCUT2D eigenvalue weighted by Crippen LogP contribution is 2.47. The predicted molar refractivity (Wildman–Crippen MR) is 193 cm³/mol. The first kappa shape index (κ1) is 34.0. The molecule has 3 aromatic rings. The number of carbonyl (C=O) groups excluding carboxylic acids is 1. The number of nitrogens with one attached hydrogen (secondary N) is 1. The van der Waals surface area contributed by atoms with Crippen LogP contribution in [-0.2, 0) is 15.7 Å². The van der Waals surface area contributed by atoms with E-state index in [1.807, 2.05) is 12.1 Å². The van der Waals surface area contributed by atoms with Gasteiger partial charge in [-0.1, -0.05) is 70.2 Å². The topological polar surface area (TPSA) is 83.5 Å². The molecule has 0 atom stereocenters. The summed E-state index contributed by atoms with van der Waals surface area (Å²) in [6.45, 7) is 16.4. The Kier molecular flexibility index (Phi) is 10.6. The Morgan fingerprint density at radius 1 is 0.979 bits per heavy atom. The van der Waals surface area contributed by atoms with Crippen molar-refractivity contribution >= 4 is 28.6 Å². The molecule has 2 aliphatic heterocycles. The molecule has 0 fully saturated rings. The van der Waals surface area contributed by atoms with Gasteiger partial charge in [-0.2, -0.15) is 4.58 Å². The number of fused-ring (bicyclic) bond motifs is 2. The van der Waals surface area contributed by atoms with Gasteiger partial charge < -0.3 is 15.1 Å². The molecule has 3 heterocycles. The van der Waals surface area contributed by atoms with Gasteiger partial charge in [0.2, 0.25) is 5.69 Å². The van der Waals surface area contributed by atoms with E-state index in [9.17, 15) is 4.79 Å². The summed E-state index contributed by atoms with van der Waals surface area (Å²) in [6, 6.07) is 21.2. The lowest BCUT2D eigenvalue weighted by molar-refractivity contribution is -0.437. The Bertz CT molecular complexity index is 1710. The number of aromatic nitrogens is 1. The lowest BCUT2D eigenvalue weighted by Crippen LogP contribution is -2.27. The molecule has 1 aromatic heterocycles. The molecule has 246 valence electrons. The van der Waals surface area contributed by atoms with E-state index in [1.165, 1.54) is 33.9 Å². The summed E-state index contributed by atoms with van der Waals surface area (Å²) in [5, 5.41) is 2.91. The van der Waals surface area contributed by atoms with Crippen LogP contribution in [0.5, 0.6) is 0 Å². The molecule has 0 aliphatic carbocycles. The number of nitrogens with two attached hydrogens (primary N) is 1. The molecule has 0 radical (unpaired) electrons. The van der Waals surface area contributed by atoms with Crippen LogP contribution in [0.2, 0.25) is 0 Å². The van der Waals surface area contributed by atoms with Crippen LogP contribution in [0.4, 0.5) is 11.4 Å². The first-order valence-electron chi connectivity index (χ1n) is 16.9. The van der Waals surface area contributed by atoms with Gasteiger partial charge in [0.1, 0.15) is 6.54 Å². The van der Waals surface area contributed by atoms with Gasteiger partial charge in [-0.3, -0.25) is 9.78 Å². The van der Waals surface area contributed by atoms with Gasteiger partial charge in [0.15, 0.2) is 5.71 Å². The fourth-order valence-electron chi connectivity index (χ4n) is 6.93. The van der Waals surface area contributed by atoms with E-state index in [0.29, 0.717) is 25.1 Å². The molecule has 7 heteroatoms. The zero-order chi connectivity index (χ0) is 33.6. The Morgan fingerprint density at radius 2 is 1.72 bits per heavy atom. The highest BCUT2D eigenvalue weighted by Gasteiger charge is 2.44. The molecule has 0 spiro atoms. The summed E-state index contributed by atoms with van der Waals surface area (Å²) in [5.74, 6) is 4.94. The third kappa shape index (κ3) is 6.87. The van der Waals surface area contributed by atoms with Crippen molar-refractivity contribution < 1.29 is 14.2 Å². The van der Waals surface area contributed by atoms with Crippen LogP contribution < -0.4 is 16.1 Å². The molecule has 0 bridgehead atoms. The lowest BCUT2D eigenvalue weighted by atomic mass is 9.81. The van der Waals surface area contributed by atoms with Gasteiger partial charge in [0, 0.05) is 65.8 Å². The second-order valence-electron chi connectivity index (χ2n) is 13.4. The van der Waals surface area contributed by atoms with Crippen LogP contribution in [0.15, 0.2) is 96.9 Å². The molecule has 2 aromatic carbocycles. The van der Waals surface area contributed by atoms with E-state index in [2.05, 4.69) is 134 Å². The zero-order valence-electron chi connectivity index (χ0n) is 28.8. The Balaban J connectivity index is 1.57. The number of nitrogens with zero attached hydrogens (tertiary/aromatic N) is 3. The average Bonchev–Trinajstić information content (AvgIpc) is 3.42. The second-order valence-corrected chi connectivity index (χ2v) is 13.4. The van der Waals surface area contributed by atoms with E-state index in [-0.39, 0.29) is 16.7 Å².